The molecule has 0 saturated carbocycles. The van der Waals surface area contributed by atoms with Crippen LogP contribution in [-0.2, 0) is 57.1 Å². The van der Waals surface area contributed by atoms with Gasteiger partial charge in [0.25, 0.3) is 0 Å². The van der Waals surface area contributed by atoms with Crippen LogP contribution in [0.4, 0.5) is 11.4 Å². The first kappa shape index (κ1) is 41.1. The summed E-state index contributed by atoms with van der Waals surface area (Å²) in [5.74, 6) is 0. The van der Waals surface area contributed by atoms with E-state index in [-0.39, 0.29) is 43.4 Å². The van der Waals surface area contributed by atoms with Gasteiger partial charge < -0.3 is 24.8 Å². The molecule has 2 aromatic carbocycles. The summed E-state index contributed by atoms with van der Waals surface area (Å²) in [5.41, 5.74) is 12.4. The first-order chi connectivity index (χ1) is 19.6. The van der Waals surface area contributed by atoms with E-state index in [1.54, 1.807) is 0 Å². The Hall–Kier alpha value is -1.91. The van der Waals surface area contributed by atoms with E-state index in [1.807, 2.05) is 24.6 Å². The van der Waals surface area contributed by atoms with Gasteiger partial charge in [-0.3, -0.25) is 9.98 Å². The van der Waals surface area contributed by atoms with Crippen molar-refractivity contribution in [2.24, 2.45) is 9.98 Å². The largest absolute Gasteiger partial charge is 2.00 e. The van der Waals surface area contributed by atoms with Gasteiger partial charge in [0.05, 0.1) is 35.2 Å². The quantitative estimate of drug-likeness (QED) is 0.212. The fraction of sp³-hybridized carbons (Fsp3) is 0.486. The average molecular weight is 660 g/mol. The molecule has 0 aliphatic rings. The molecule has 1 radical (unpaired) electrons. The number of rotatable bonds is 16. The molecule has 0 spiro atoms. The monoisotopic (exact) mass is 658 g/mol. The van der Waals surface area contributed by atoms with Crippen LogP contribution < -0.4 is 24.8 Å². The van der Waals surface area contributed by atoms with E-state index in [2.05, 4.69) is 71.9 Å². The number of benzene rings is 2. The van der Waals surface area contributed by atoms with Crippen LogP contribution in [0.3, 0.4) is 0 Å². The van der Waals surface area contributed by atoms with Crippen molar-refractivity contribution < 1.29 is 43.4 Å². The molecule has 3 rings (SSSR count). The molecule has 0 atom stereocenters. The van der Waals surface area contributed by atoms with Gasteiger partial charge in [-0.1, -0.05) is 110 Å². The summed E-state index contributed by atoms with van der Waals surface area (Å²) in [6.07, 6.45) is 17.2. The molecule has 0 saturated heterocycles. The van der Waals surface area contributed by atoms with Gasteiger partial charge in [0.15, 0.2) is 0 Å². The van der Waals surface area contributed by atoms with Crippen molar-refractivity contribution >= 4 is 23.8 Å². The van der Waals surface area contributed by atoms with Crippen LogP contribution in [0.25, 0.3) is 0 Å². The number of aromatic nitrogens is 1. The Morgan fingerprint density at radius 1 is 0.512 bits per heavy atom. The molecular formula is C37H51Cl2N3V. The zero-order valence-electron chi connectivity index (χ0n) is 27.2. The molecule has 1 aromatic heterocycles. The van der Waals surface area contributed by atoms with Crippen LogP contribution >= 0.6 is 0 Å². The fourth-order valence-corrected chi connectivity index (χ4v) is 5.58. The van der Waals surface area contributed by atoms with E-state index in [4.69, 9.17) is 15.0 Å². The minimum atomic E-state index is 0. The third-order valence-electron chi connectivity index (χ3n) is 7.25. The minimum Gasteiger partial charge on any atom is -1.00 e. The number of hydrogen-bond acceptors (Lipinski definition) is 3. The zero-order chi connectivity index (χ0) is 28.7. The van der Waals surface area contributed by atoms with Gasteiger partial charge in [-0.25, -0.2) is 4.98 Å². The standard InChI is InChI=1S/C37H51N3.2ClH.V/c1-7-14-28-22-30(16-9-3)36(31(23-28)17-10-4)38-26-34-20-13-21-35(40-34)27-39-37-32(18-11-5)24-29(15-8-2)25-33(37)19-12-6;;;/h13,20-27H,7-12,14-19H2,1-6H3;2*1H;/q;;;+2/p-2. The Morgan fingerprint density at radius 2 is 0.814 bits per heavy atom. The topological polar surface area (TPSA) is 37.6 Å². The predicted octanol–water partition coefficient (Wildman–Crippen LogP) is 4.30. The third-order valence-corrected chi connectivity index (χ3v) is 7.25. The average Bonchev–Trinajstić information content (AvgIpc) is 2.93. The summed E-state index contributed by atoms with van der Waals surface area (Å²) in [5, 5.41) is 0. The van der Waals surface area contributed by atoms with Gasteiger partial charge in [-0.05, 0) is 84.0 Å². The minimum absolute atomic E-state index is 0. The first-order valence-electron chi connectivity index (χ1n) is 15.9. The molecule has 0 fully saturated rings. The van der Waals surface area contributed by atoms with Crippen molar-refractivity contribution in [2.75, 3.05) is 0 Å². The molecule has 0 amide bonds. The normalized spacial score (nSPS) is 10.9. The molecule has 1 heterocycles. The van der Waals surface area contributed by atoms with Crippen LogP contribution in [0.15, 0.2) is 52.4 Å². The molecule has 43 heavy (non-hydrogen) atoms. The first-order valence-corrected chi connectivity index (χ1v) is 15.9. The molecule has 0 aliphatic carbocycles. The van der Waals surface area contributed by atoms with Crippen LogP contribution in [0.5, 0.6) is 0 Å². The van der Waals surface area contributed by atoms with Crippen LogP contribution in [0.2, 0.25) is 0 Å². The van der Waals surface area contributed by atoms with Crippen molar-refractivity contribution in [3.05, 3.63) is 87.2 Å². The van der Waals surface area contributed by atoms with Gasteiger partial charge in [-0.2, -0.15) is 0 Å². The number of pyridine rings is 1. The zero-order valence-corrected chi connectivity index (χ0v) is 30.1. The third kappa shape index (κ3) is 12.5. The SMILES string of the molecule is CCCc1cc(CCC)c(N=Cc2cccc(C=Nc3c(CCC)cc(CCC)cc3CCC)n2)c(CCC)c1.[Cl-].[Cl-].[V+2]. The summed E-state index contributed by atoms with van der Waals surface area (Å²) in [6.45, 7) is 13.5. The molecule has 0 N–H and O–H groups in total. The summed E-state index contributed by atoms with van der Waals surface area (Å²) in [4.78, 5) is 15.0. The molecular weight excluding hydrogens is 608 g/mol. The number of nitrogens with zero attached hydrogens (tertiary/aromatic N) is 3. The molecule has 0 unspecified atom stereocenters. The summed E-state index contributed by atoms with van der Waals surface area (Å²) in [7, 11) is 0. The molecule has 6 heteroatoms. The van der Waals surface area contributed by atoms with Crippen LogP contribution in [-0.4, -0.2) is 17.4 Å². The van der Waals surface area contributed by atoms with Crippen molar-refractivity contribution in [1.29, 1.82) is 0 Å². The van der Waals surface area contributed by atoms with E-state index in [0.717, 1.165) is 87.0 Å². The van der Waals surface area contributed by atoms with Gasteiger partial charge in [0.2, 0.25) is 0 Å². The fourth-order valence-electron chi connectivity index (χ4n) is 5.58. The predicted molar refractivity (Wildman–Crippen MR) is 176 cm³/mol. The molecule has 3 aromatic rings. The Kier molecular flexibility index (Phi) is 21.6. The maximum absolute atomic E-state index is 5.05. The molecule has 3 nitrogen and oxygen atoms in total. The number of halogens is 2. The Balaban J connectivity index is 0.00000588. The Morgan fingerprint density at radius 3 is 1.09 bits per heavy atom. The molecule has 233 valence electrons. The Bertz CT molecular complexity index is 1140. The van der Waals surface area contributed by atoms with E-state index in [0.29, 0.717) is 0 Å². The van der Waals surface area contributed by atoms with Crippen molar-refractivity contribution in [1.82, 2.24) is 4.98 Å². The molecule has 0 bridgehead atoms. The van der Waals surface area contributed by atoms with E-state index < -0.39 is 0 Å². The number of hydrogen-bond donors (Lipinski definition) is 0. The Labute approximate surface area is 286 Å². The summed E-state index contributed by atoms with van der Waals surface area (Å²) >= 11 is 0. The van der Waals surface area contributed by atoms with E-state index in [1.165, 1.54) is 46.2 Å². The second-order valence-electron chi connectivity index (χ2n) is 11.0. The second kappa shape index (κ2) is 22.6. The van der Waals surface area contributed by atoms with Gasteiger partial charge >= 0.3 is 18.6 Å². The number of aliphatic imine (C=N–C) groups is 2. The van der Waals surface area contributed by atoms with Crippen LogP contribution in [0, 0.1) is 0 Å². The van der Waals surface area contributed by atoms with Crippen molar-refractivity contribution in [2.45, 2.75) is 119 Å². The summed E-state index contributed by atoms with van der Waals surface area (Å²) in [6, 6.07) is 15.6. The smallest absolute Gasteiger partial charge is 1.00 e. The molecule has 0 aliphatic heterocycles. The van der Waals surface area contributed by atoms with Crippen LogP contribution in [0.1, 0.15) is 125 Å². The van der Waals surface area contributed by atoms with Gasteiger partial charge in [0, 0.05) is 0 Å². The van der Waals surface area contributed by atoms with E-state index >= 15 is 0 Å². The summed E-state index contributed by atoms with van der Waals surface area (Å²) < 4.78 is 0. The maximum atomic E-state index is 5.05. The maximum Gasteiger partial charge on any atom is 2.00 e. The van der Waals surface area contributed by atoms with Crippen molar-refractivity contribution in [3.63, 3.8) is 0 Å². The second-order valence-corrected chi connectivity index (χ2v) is 11.0. The van der Waals surface area contributed by atoms with E-state index in [9.17, 15) is 0 Å². The van der Waals surface area contributed by atoms with Gasteiger partial charge in [-0.15, -0.1) is 0 Å². The number of aryl methyl sites for hydroxylation is 6. The van der Waals surface area contributed by atoms with Gasteiger partial charge in [0.1, 0.15) is 0 Å². The van der Waals surface area contributed by atoms with Crippen molar-refractivity contribution in [3.8, 4) is 0 Å².